The normalized spacial score (nSPS) is 12.5. The monoisotopic (exact) mass is 840 g/mol. The van der Waals surface area contributed by atoms with Crippen molar-refractivity contribution in [1.82, 2.24) is 19.5 Å². The average molecular weight is 841 g/mol. The van der Waals surface area contributed by atoms with Crippen LogP contribution in [0.25, 0.3) is 124 Å². The molecule has 0 bridgehead atoms. The lowest BCUT2D eigenvalue weighted by Crippen LogP contribution is -2.10. The highest BCUT2D eigenvalue weighted by molar-refractivity contribution is 7.26. The topological polar surface area (TPSA) is 52.8 Å². The second-order valence-electron chi connectivity index (χ2n) is 16.3. The van der Waals surface area contributed by atoms with Crippen molar-refractivity contribution >= 4 is 95.6 Å². The van der Waals surface area contributed by atoms with Gasteiger partial charge in [-0.1, -0.05) is 97.1 Å². The molecule has 1 aliphatic heterocycles. The molecule has 9 aromatic carbocycles. The predicted molar refractivity (Wildman–Crippen MR) is 264 cm³/mol. The molecule has 5 nitrogen and oxygen atoms in total. The molecular formula is C56H32N4OS2. The lowest BCUT2D eigenvalue weighted by atomic mass is 9.92. The minimum atomic E-state index is 0.385. The molecule has 0 spiro atoms. The van der Waals surface area contributed by atoms with Crippen molar-refractivity contribution in [3.8, 4) is 56.7 Å². The molecule has 0 atom stereocenters. The zero-order chi connectivity index (χ0) is 41.2. The number of thiophene rings is 2. The number of hydrogen-bond donors (Lipinski definition) is 0. The largest absolute Gasteiger partial charge is 0.488 e. The number of nitrogens with zero attached hydrogens (tertiary/aromatic N) is 4. The molecule has 7 heteroatoms. The Morgan fingerprint density at radius 1 is 0.397 bits per heavy atom. The van der Waals surface area contributed by atoms with E-state index in [0.29, 0.717) is 24.1 Å². The second kappa shape index (κ2) is 13.4. The van der Waals surface area contributed by atoms with Crippen molar-refractivity contribution in [3.05, 3.63) is 188 Å². The van der Waals surface area contributed by atoms with E-state index in [-0.39, 0.29) is 0 Å². The maximum Gasteiger partial charge on any atom is 0.164 e. The molecule has 0 saturated carbocycles. The number of aromatic nitrogens is 4. The molecule has 13 aromatic rings. The van der Waals surface area contributed by atoms with Crippen LogP contribution in [0.4, 0.5) is 0 Å². The SMILES string of the molecule is c1ccc2c(c1)OCc1c(-c3nc(-c4ccc5sc6ccccc6c5c4)nc(-c4ccc5sc6ccccc6c5c4)n3)cc(-n3c4ccccc4c4cc5ccccc5cc43)cc1-2. The van der Waals surface area contributed by atoms with E-state index < -0.39 is 0 Å². The Labute approximate surface area is 368 Å². The van der Waals surface area contributed by atoms with Crippen LogP contribution in [0.3, 0.4) is 0 Å². The summed E-state index contributed by atoms with van der Waals surface area (Å²) in [5, 5.41) is 9.71. The molecule has 1 aliphatic rings. The van der Waals surface area contributed by atoms with Crippen LogP contribution in [0.1, 0.15) is 5.56 Å². The third-order valence-corrected chi connectivity index (χ3v) is 15.0. The quantitative estimate of drug-likeness (QED) is 0.177. The Kier molecular flexibility index (Phi) is 7.43. The second-order valence-corrected chi connectivity index (χ2v) is 18.5. The van der Waals surface area contributed by atoms with Crippen LogP contribution in [0.5, 0.6) is 5.75 Å². The molecule has 0 N–H and O–H groups in total. The van der Waals surface area contributed by atoms with Crippen molar-refractivity contribution in [2.75, 3.05) is 0 Å². The Bertz CT molecular complexity index is 3930. The van der Waals surface area contributed by atoms with Gasteiger partial charge < -0.3 is 9.30 Å². The maximum absolute atomic E-state index is 6.55. The molecule has 5 heterocycles. The number of ether oxygens (including phenoxy) is 1. The molecule has 14 rings (SSSR count). The molecule has 0 aliphatic carbocycles. The minimum absolute atomic E-state index is 0.385. The highest BCUT2D eigenvalue weighted by Crippen LogP contribution is 2.45. The molecule has 4 aromatic heterocycles. The van der Waals surface area contributed by atoms with Crippen molar-refractivity contribution < 1.29 is 4.74 Å². The van der Waals surface area contributed by atoms with Crippen LogP contribution in [-0.4, -0.2) is 19.5 Å². The Balaban J connectivity index is 1.06. The van der Waals surface area contributed by atoms with Gasteiger partial charge in [0.05, 0.1) is 11.0 Å². The summed E-state index contributed by atoms with van der Waals surface area (Å²) in [7, 11) is 0. The summed E-state index contributed by atoms with van der Waals surface area (Å²) in [4.78, 5) is 16.2. The Hall–Kier alpha value is -7.71. The summed E-state index contributed by atoms with van der Waals surface area (Å²) in [6, 6.07) is 65.4. The number of rotatable bonds is 4. The van der Waals surface area contributed by atoms with Gasteiger partial charge >= 0.3 is 0 Å². The highest BCUT2D eigenvalue weighted by atomic mass is 32.1. The fraction of sp³-hybridized carbons (Fsp3) is 0.0179. The van der Waals surface area contributed by atoms with Crippen molar-refractivity contribution in [3.63, 3.8) is 0 Å². The standard InChI is InChI=1S/C56H32N4OS2/c1-2-12-33-28-48-42(25-32(33)11-1)37-13-3-7-17-47(37)60(48)36-29-41-38-14-4-8-18-49(38)61-31-46(41)45(30-36)56-58-54(34-21-23-52-43(26-34)39-15-5-9-19-50(39)62-52)57-55(59-56)35-22-24-53-44(27-35)40-16-6-10-20-51(40)63-53/h1-30H,31H2. The van der Waals surface area contributed by atoms with Gasteiger partial charge in [-0.2, -0.15) is 0 Å². The summed E-state index contributed by atoms with van der Waals surface area (Å²) < 4.78 is 14.0. The van der Waals surface area contributed by atoms with Gasteiger partial charge in [0.2, 0.25) is 0 Å². The molecule has 0 amide bonds. The van der Waals surface area contributed by atoms with Gasteiger partial charge in [0.15, 0.2) is 17.5 Å². The van der Waals surface area contributed by atoms with Gasteiger partial charge in [0, 0.05) is 84.6 Å². The molecule has 0 unspecified atom stereocenters. The fourth-order valence-electron chi connectivity index (χ4n) is 9.76. The van der Waals surface area contributed by atoms with Crippen LogP contribution in [0, 0.1) is 0 Å². The van der Waals surface area contributed by atoms with Crippen LogP contribution in [0.15, 0.2) is 182 Å². The van der Waals surface area contributed by atoms with E-state index >= 15 is 0 Å². The lowest BCUT2D eigenvalue weighted by molar-refractivity contribution is 0.303. The molecule has 0 saturated heterocycles. The first-order valence-electron chi connectivity index (χ1n) is 21.1. The Morgan fingerprint density at radius 3 is 1.67 bits per heavy atom. The smallest absolute Gasteiger partial charge is 0.164 e. The summed E-state index contributed by atoms with van der Waals surface area (Å²) in [6.45, 7) is 0.385. The summed E-state index contributed by atoms with van der Waals surface area (Å²) in [6.07, 6.45) is 0. The molecular weight excluding hydrogens is 809 g/mol. The zero-order valence-electron chi connectivity index (χ0n) is 33.5. The minimum Gasteiger partial charge on any atom is -0.488 e. The zero-order valence-corrected chi connectivity index (χ0v) is 35.2. The molecule has 294 valence electrons. The van der Waals surface area contributed by atoms with Crippen LogP contribution >= 0.6 is 22.7 Å². The fourth-order valence-corrected chi connectivity index (χ4v) is 11.9. The maximum atomic E-state index is 6.55. The van der Waals surface area contributed by atoms with Gasteiger partial charge in [-0.05, 0) is 101 Å². The van der Waals surface area contributed by atoms with E-state index in [1.165, 1.54) is 61.9 Å². The predicted octanol–water partition coefficient (Wildman–Crippen LogP) is 15.4. The Morgan fingerprint density at radius 2 is 0.952 bits per heavy atom. The first-order chi connectivity index (χ1) is 31.2. The van der Waals surface area contributed by atoms with Gasteiger partial charge in [0.25, 0.3) is 0 Å². The van der Waals surface area contributed by atoms with Crippen molar-refractivity contribution in [1.29, 1.82) is 0 Å². The summed E-state index contributed by atoms with van der Waals surface area (Å²) in [5.41, 5.74) is 9.32. The van der Waals surface area contributed by atoms with Gasteiger partial charge in [-0.3, -0.25) is 0 Å². The average Bonchev–Trinajstić information content (AvgIpc) is 4.01. The van der Waals surface area contributed by atoms with Crippen molar-refractivity contribution in [2.45, 2.75) is 6.61 Å². The van der Waals surface area contributed by atoms with E-state index in [9.17, 15) is 0 Å². The third kappa shape index (κ3) is 5.37. The first-order valence-corrected chi connectivity index (χ1v) is 22.7. The van der Waals surface area contributed by atoms with Gasteiger partial charge in [0.1, 0.15) is 12.4 Å². The van der Waals surface area contributed by atoms with E-state index in [1.54, 1.807) is 0 Å². The number of benzene rings is 9. The van der Waals surface area contributed by atoms with Gasteiger partial charge in [-0.25, -0.2) is 15.0 Å². The van der Waals surface area contributed by atoms with E-state index in [0.717, 1.165) is 55.9 Å². The number of para-hydroxylation sites is 2. The van der Waals surface area contributed by atoms with E-state index in [2.05, 4.69) is 180 Å². The molecule has 63 heavy (non-hydrogen) atoms. The van der Waals surface area contributed by atoms with Crippen LogP contribution in [-0.2, 0) is 6.61 Å². The first kappa shape index (κ1) is 34.9. The van der Waals surface area contributed by atoms with Gasteiger partial charge in [-0.15, -0.1) is 22.7 Å². The molecule has 0 radical (unpaired) electrons. The van der Waals surface area contributed by atoms with E-state index in [1.807, 2.05) is 28.7 Å². The summed E-state index contributed by atoms with van der Waals surface area (Å²) in [5.74, 6) is 2.72. The lowest BCUT2D eigenvalue weighted by Gasteiger charge is -2.25. The third-order valence-electron chi connectivity index (χ3n) is 12.7. The van der Waals surface area contributed by atoms with Crippen molar-refractivity contribution in [2.24, 2.45) is 0 Å². The molecule has 0 fully saturated rings. The van der Waals surface area contributed by atoms with E-state index in [4.69, 9.17) is 19.7 Å². The van der Waals surface area contributed by atoms with Crippen LogP contribution < -0.4 is 4.74 Å². The van der Waals surface area contributed by atoms with Crippen LogP contribution in [0.2, 0.25) is 0 Å². The summed E-state index contributed by atoms with van der Waals surface area (Å²) >= 11 is 3.62. The number of hydrogen-bond acceptors (Lipinski definition) is 6. The highest BCUT2D eigenvalue weighted by Gasteiger charge is 2.26. The number of fused-ring (bicyclic) bond motifs is 13.